The number of alkyl halides is 2. The maximum Gasteiger partial charge on any atom is 0.281 e. The minimum Gasteiger partial charge on any atom is -0.382 e. The van der Waals surface area contributed by atoms with Crippen molar-refractivity contribution >= 4 is 21.2 Å². The Morgan fingerprint density at radius 2 is 2.19 bits per heavy atom. The van der Waals surface area contributed by atoms with Crippen molar-refractivity contribution in [3.8, 4) is 10.6 Å². The van der Waals surface area contributed by atoms with Crippen LogP contribution in [0.15, 0.2) is 16.5 Å². The molecule has 0 saturated carbocycles. The third-order valence-electron chi connectivity index (χ3n) is 3.49. The fraction of sp³-hybridized carbons (Fsp3) is 0.417. The summed E-state index contributed by atoms with van der Waals surface area (Å²) in [5.74, 6) is -3.36. The maximum atomic E-state index is 13.8. The Balaban J connectivity index is 2.32. The van der Waals surface area contributed by atoms with Crippen LogP contribution >= 0.6 is 11.3 Å². The lowest BCUT2D eigenvalue weighted by Crippen LogP contribution is -2.22. The van der Waals surface area contributed by atoms with Gasteiger partial charge in [0, 0.05) is 31.5 Å². The molecule has 9 heteroatoms. The van der Waals surface area contributed by atoms with Crippen molar-refractivity contribution in [2.45, 2.75) is 22.7 Å². The third kappa shape index (κ3) is 2.11. The standard InChI is InChI=1S/C12H12F2N2O3S2/c1-16-7(3-4-15-16)9-6-5-12(13,14)10(17)8(6)11(20-9)21(2,18)19/h3-4,10,17H,5H2,1-2H3/t10-/m0/s1. The van der Waals surface area contributed by atoms with E-state index in [4.69, 9.17) is 0 Å². The molecule has 1 aliphatic rings. The van der Waals surface area contributed by atoms with Crippen molar-refractivity contribution in [2.24, 2.45) is 7.05 Å². The average molecular weight is 334 g/mol. The van der Waals surface area contributed by atoms with Crippen LogP contribution in [0.1, 0.15) is 17.2 Å². The number of sulfone groups is 1. The molecule has 0 unspecified atom stereocenters. The van der Waals surface area contributed by atoms with Gasteiger partial charge in [0.1, 0.15) is 10.3 Å². The molecule has 1 N–H and O–H groups in total. The molecule has 3 rings (SSSR count). The summed E-state index contributed by atoms with van der Waals surface area (Å²) in [6, 6.07) is 1.63. The van der Waals surface area contributed by atoms with Crippen molar-refractivity contribution in [1.82, 2.24) is 9.78 Å². The summed E-state index contributed by atoms with van der Waals surface area (Å²) in [5.41, 5.74) is 0.585. The van der Waals surface area contributed by atoms with E-state index in [9.17, 15) is 22.3 Å². The van der Waals surface area contributed by atoms with Crippen LogP contribution in [0.3, 0.4) is 0 Å². The molecule has 0 bridgehead atoms. The Kier molecular flexibility index (Phi) is 3.02. The van der Waals surface area contributed by atoms with Crippen LogP contribution < -0.4 is 0 Å². The molecule has 0 aromatic carbocycles. The number of rotatable bonds is 2. The molecule has 21 heavy (non-hydrogen) atoms. The summed E-state index contributed by atoms with van der Waals surface area (Å²) in [6.07, 6.45) is -0.299. The van der Waals surface area contributed by atoms with Crippen LogP contribution in [-0.4, -0.2) is 35.5 Å². The van der Waals surface area contributed by atoms with Crippen LogP contribution in [0, 0.1) is 0 Å². The first kappa shape index (κ1) is 14.6. The molecule has 0 radical (unpaired) electrons. The van der Waals surface area contributed by atoms with Gasteiger partial charge in [0.15, 0.2) is 9.84 Å². The van der Waals surface area contributed by atoms with Crippen molar-refractivity contribution in [2.75, 3.05) is 6.26 Å². The number of thiophene rings is 1. The zero-order valence-electron chi connectivity index (χ0n) is 11.2. The van der Waals surface area contributed by atoms with E-state index in [1.807, 2.05) is 0 Å². The monoisotopic (exact) mass is 334 g/mol. The second-order valence-corrected chi connectivity index (χ2v) is 8.30. The Morgan fingerprint density at radius 1 is 1.52 bits per heavy atom. The van der Waals surface area contributed by atoms with E-state index < -0.39 is 28.3 Å². The van der Waals surface area contributed by atoms with Crippen LogP contribution in [0.5, 0.6) is 0 Å². The van der Waals surface area contributed by atoms with Gasteiger partial charge in [-0.1, -0.05) is 0 Å². The molecule has 0 fully saturated rings. The van der Waals surface area contributed by atoms with E-state index in [1.54, 1.807) is 13.1 Å². The van der Waals surface area contributed by atoms with Crippen molar-refractivity contribution in [1.29, 1.82) is 0 Å². The molecule has 0 saturated heterocycles. The van der Waals surface area contributed by atoms with E-state index in [0.29, 0.717) is 10.6 Å². The van der Waals surface area contributed by atoms with Gasteiger partial charge < -0.3 is 5.11 Å². The van der Waals surface area contributed by atoms with Gasteiger partial charge in [0.2, 0.25) is 0 Å². The highest BCUT2D eigenvalue weighted by molar-refractivity contribution is 7.92. The fourth-order valence-corrected chi connectivity index (χ4v) is 5.16. The minimum absolute atomic E-state index is 0.163. The Labute approximate surface area is 123 Å². The minimum atomic E-state index is -3.70. The normalized spacial score (nSPS) is 20.7. The lowest BCUT2D eigenvalue weighted by atomic mass is 10.1. The maximum absolute atomic E-state index is 13.8. The van der Waals surface area contributed by atoms with Crippen molar-refractivity contribution in [3.05, 3.63) is 23.4 Å². The Hall–Kier alpha value is -1.32. The number of hydrogen-bond acceptors (Lipinski definition) is 5. The number of aryl methyl sites for hydroxylation is 1. The molecule has 0 amide bonds. The number of fused-ring (bicyclic) bond motifs is 1. The van der Waals surface area contributed by atoms with Gasteiger partial charge >= 0.3 is 0 Å². The quantitative estimate of drug-likeness (QED) is 0.909. The highest BCUT2D eigenvalue weighted by atomic mass is 32.2. The zero-order chi connectivity index (χ0) is 15.6. The zero-order valence-corrected chi connectivity index (χ0v) is 12.8. The number of nitrogens with zero attached hydrogens (tertiary/aromatic N) is 2. The molecule has 2 heterocycles. The van der Waals surface area contributed by atoms with Gasteiger partial charge in [-0.15, -0.1) is 11.3 Å². The van der Waals surface area contributed by atoms with E-state index in [1.165, 1.54) is 10.9 Å². The van der Waals surface area contributed by atoms with Gasteiger partial charge in [0.05, 0.1) is 10.6 Å². The number of hydrogen-bond donors (Lipinski definition) is 1. The summed E-state index contributed by atoms with van der Waals surface area (Å²) in [6.45, 7) is 0. The molecule has 0 aliphatic heterocycles. The van der Waals surface area contributed by atoms with E-state index in [0.717, 1.165) is 17.6 Å². The Morgan fingerprint density at radius 3 is 2.71 bits per heavy atom. The molecule has 1 atom stereocenters. The SMILES string of the molecule is Cn1nccc1-c1sc(S(C)(=O)=O)c2c1CC(F)(F)[C@H]2O. The van der Waals surface area contributed by atoms with Gasteiger partial charge in [-0.2, -0.15) is 5.10 Å². The summed E-state index contributed by atoms with van der Waals surface area (Å²) < 4.78 is 52.6. The van der Waals surface area contributed by atoms with Gasteiger partial charge in [-0.3, -0.25) is 4.68 Å². The second-order valence-electron chi connectivity index (χ2n) is 5.06. The molecular weight excluding hydrogens is 322 g/mol. The predicted molar refractivity (Wildman–Crippen MR) is 73.2 cm³/mol. The lowest BCUT2D eigenvalue weighted by molar-refractivity contribution is -0.0975. The van der Waals surface area contributed by atoms with E-state index in [-0.39, 0.29) is 15.3 Å². The molecule has 5 nitrogen and oxygen atoms in total. The summed E-state index contributed by atoms with van der Waals surface area (Å²) >= 11 is 0.903. The second kappa shape index (κ2) is 4.34. The molecule has 1 aliphatic carbocycles. The largest absolute Gasteiger partial charge is 0.382 e. The highest BCUT2D eigenvalue weighted by Gasteiger charge is 2.51. The third-order valence-corrected chi connectivity index (χ3v) is 6.61. The fourth-order valence-electron chi connectivity index (χ4n) is 2.53. The molecule has 114 valence electrons. The van der Waals surface area contributed by atoms with Crippen LogP contribution in [0.25, 0.3) is 10.6 Å². The predicted octanol–water partition coefficient (Wildman–Crippen LogP) is 1.78. The van der Waals surface area contributed by atoms with Gasteiger partial charge in [-0.05, 0) is 11.6 Å². The summed E-state index contributed by atoms with van der Waals surface area (Å²) in [4.78, 5) is 0.418. The van der Waals surface area contributed by atoms with Crippen molar-refractivity contribution < 1.29 is 22.3 Å². The smallest absolute Gasteiger partial charge is 0.281 e. The average Bonchev–Trinajstić information content (AvgIpc) is 2.96. The first-order chi connectivity index (χ1) is 9.63. The highest BCUT2D eigenvalue weighted by Crippen LogP contribution is 2.52. The summed E-state index contributed by atoms with van der Waals surface area (Å²) in [5, 5.41) is 13.8. The lowest BCUT2D eigenvalue weighted by Gasteiger charge is -2.14. The van der Waals surface area contributed by atoms with Crippen LogP contribution in [-0.2, 0) is 23.3 Å². The molecule has 2 aromatic heterocycles. The number of halogens is 2. The first-order valence-electron chi connectivity index (χ1n) is 6.03. The Bertz CT molecular complexity index is 824. The summed E-state index contributed by atoms with van der Waals surface area (Å²) in [7, 11) is -2.05. The van der Waals surface area contributed by atoms with E-state index >= 15 is 0 Å². The van der Waals surface area contributed by atoms with Gasteiger partial charge in [0.25, 0.3) is 5.92 Å². The van der Waals surface area contributed by atoms with Crippen LogP contribution in [0.4, 0.5) is 8.78 Å². The molecule has 0 spiro atoms. The first-order valence-corrected chi connectivity index (χ1v) is 8.73. The molecular formula is C12H12F2N2O3S2. The molecule has 2 aromatic rings. The number of aliphatic hydroxyl groups is 1. The number of aliphatic hydroxyl groups excluding tert-OH is 1. The van der Waals surface area contributed by atoms with E-state index in [2.05, 4.69) is 5.10 Å². The van der Waals surface area contributed by atoms with Crippen LogP contribution in [0.2, 0.25) is 0 Å². The topological polar surface area (TPSA) is 72.2 Å². The van der Waals surface area contributed by atoms with Crippen molar-refractivity contribution in [3.63, 3.8) is 0 Å². The number of aromatic nitrogens is 2. The van der Waals surface area contributed by atoms with Gasteiger partial charge in [-0.25, -0.2) is 17.2 Å².